The summed E-state index contributed by atoms with van der Waals surface area (Å²) in [4.78, 5) is 22.5. The van der Waals surface area contributed by atoms with Crippen LogP contribution in [0, 0.1) is 5.41 Å². The zero-order chi connectivity index (χ0) is 15.0. The molecule has 1 aromatic rings. The Morgan fingerprint density at radius 3 is 2.40 bits per heavy atom. The van der Waals surface area contributed by atoms with Gasteiger partial charge in [0.05, 0.1) is 0 Å². The Labute approximate surface area is 120 Å². The van der Waals surface area contributed by atoms with Gasteiger partial charge in [-0.15, -0.1) is 0 Å². The second kappa shape index (κ2) is 7.68. The lowest BCUT2D eigenvalue weighted by Gasteiger charge is -2.23. The summed E-state index contributed by atoms with van der Waals surface area (Å²) in [7, 11) is 0. The normalized spacial score (nSPS) is 11.1. The Kier molecular flexibility index (Phi) is 6.22. The van der Waals surface area contributed by atoms with Gasteiger partial charge in [0.15, 0.2) is 0 Å². The van der Waals surface area contributed by atoms with Crippen molar-refractivity contribution in [1.82, 2.24) is 5.32 Å². The molecule has 0 saturated carbocycles. The maximum Gasteiger partial charge on any atom is 0.303 e. The lowest BCUT2D eigenvalue weighted by atomic mass is 9.85. The molecule has 0 saturated heterocycles. The molecule has 2 N–H and O–H groups in total. The number of hydrogen-bond acceptors (Lipinski definition) is 2. The molecule has 110 valence electrons. The summed E-state index contributed by atoms with van der Waals surface area (Å²) in [6.45, 7) is 4.38. The Hall–Kier alpha value is -1.84. The molecule has 0 bridgehead atoms. The van der Waals surface area contributed by atoms with Crippen molar-refractivity contribution in [2.24, 2.45) is 5.41 Å². The summed E-state index contributed by atoms with van der Waals surface area (Å²) in [5.41, 5.74) is 0.673. The lowest BCUT2D eigenvalue weighted by molar-refractivity contribution is -0.137. The fourth-order valence-electron chi connectivity index (χ4n) is 2.03. The molecule has 0 unspecified atom stereocenters. The van der Waals surface area contributed by atoms with Gasteiger partial charge >= 0.3 is 5.97 Å². The number of carboxylic acids is 1. The van der Waals surface area contributed by atoms with Gasteiger partial charge in [-0.1, -0.05) is 44.2 Å². The molecule has 20 heavy (non-hydrogen) atoms. The third kappa shape index (κ3) is 5.87. The molecule has 1 rings (SSSR count). The van der Waals surface area contributed by atoms with Gasteiger partial charge < -0.3 is 10.4 Å². The van der Waals surface area contributed by atoms with E-state index in [-0.39, 0.29) is 12.3 Å². The minimum atomic E-state index is -0.791. The van der Waals surface area contributed by atoms with Crippen LogP contribution < -0.4 is 5.32 Å². The first-order valence-corrected chi connectivity index (χ1v) is 6.96. The van der Waals surface area contributed by atoms with Crippen LogP contribution in [0.3, 0.4) is 0 Å². The number of rotatable bonds is 8. The quantitative estimate of drug-likeness (QED) is 0.718. The molecule has 1 amide bonds. The van der Waals surface area contributed by atoms with Crippen molar-refractivity contribution in [2.75, 3.05) is 6.54 Å². The zero-order valence-corrected chi connectivity index (χ0v) is 12.2. The number of benzene rings is 1. The Morgan fingerprint density at radius 1 is 1.15 bits per heavy atom. The topological polar surface area (TPSA) is 66.4 Å². The Balaban J connectivity index is 2.35. The van der Waals surface area contributed by atoms with Gasteiger partial charge in [0.1, 0.15) is 0 Å². The van der Waals surface area contributed by atoms with Crippen molar-refractivity contribution in [1.29, 1.82) is 0 Å². The minimum absolute atomic E-state index is 0.0108. The molecule has 1 aromatic carbocycles. The Bertz CT molecular complexity index is 440. The molecule has 0 aliphatic carbocycles. The average molecular weight is 277 g/mol. The second-order valence-electron chi connectivity index (χ2n) is 5.65. The highest BCUT2D eigenvalue weighted by atomic mass is 16.4. The van der Waals surface area contributed by atoms with Gasteiger partial charge in [0.2, 0.25) is 5.91 Å². The van der Waals surface area contributed by atoms with Crippen molar-refractivity contribution < 1.29 is 14.7 Å². The number of aliphatic carboxylic acids is 1. The predicted molar refractivity (Wildman–Crippen MR) is 78.4 cm³/mol. The van der Waals surface area contributed by atoms with E-state index in [1.165, 1.54) is 0 Å². The van der Waals surface area contributed by atoms with Crippen LogP contribution in [0.4, 0.5) is 0 Å². The molecule has 0 atom stereocenters. The number of carbonyl (C=O) groups excluding carboxylic acids is 1. The van der Waals surface area contributed by atoms with Gasteiger partial charge in [-0.2, -0.15) is 0 Å². The monoisotopic (exact) mass is 277 g/mol. The first-order chi connectivity index (χ1) is 9.42. The molecule has 0 spiro atoms. The molecule has 4 nitrogen and oxygen atoms in total. The summed E-state index contributed by atoms with van der Waals surface area (Å²) in [5.74, 6) is -0.780. The fraction of sp³-hybridized carbons (Fsp3) is 0.500. The van der Waals surface area contributed by atoms with Gasteiger partial charge in [0.25, 0.3) is 0 Å². The maximum absolute atomic E-state index is 12.1. The number of carbonyl (C=O) groups is 2. The smallest absolute Gasteiger partial charge is 0.303 e. The molecular weight excluding hydrogens is 254 g/mol. The third-order valence-corrected chi connectivity index (χ3v) is 3.21. The largest absolute Gasteiger partial charge is 0.481 e. The first-order valence-electron chi connectivity index (χ1n) is 6.96. The van der Waals surface area contributed by atoms with Crippen LogP contribution in [0.15, 0.2) is 30.3 Å². The molecule has 4 heteroatoms. The van der Waals surface area contributed by atoms with E-state index in [1.54, 1.807) is 0 Å². The van der Waals surface area contributed by atoms with Crippen LogP contribution in [-0.4, -0.2) is 23.5 Å². The average Bonchev–Trinajstić information content (AvgIpc) is 2.38. The minimum Gasteiger partial charge on any atom is -0.481 e. The SMILES string of the molecule is CC(C)(Cc1ccccc1)C(=O)NCCCCC(=O)O. The number of unbranched alkanes of at least 4 members (excludes halogenated alkanes) is 1. The van der Waals surface area contributed by atoms with Crippen molar-refractivity contribution in [3.8, 4) is 0 Å². The molecule has 0 aromatic heterocycles. The van der Waals surface area contributed by atoms with Crippen molar-refractivity contribution >= 4 is 11.9 Å². The Morgan fingerprint density at radius 2 is 1.80 bits per heavy atom. The number of amides is 1. The van der Waals surface area contributed by atoms with Gasteiger partial charge in [-0.05, 0) is 24.8 Å². The molecule has 0 aliphatic heterocycles. The van der Waals surface area contributed by atoms with E-state index in [0.29, 0.717) is 25.8 Å². The maximum atomic E-state index is 12.1. The van der Waals surface area contributed by atoms with Crippen molar-refractivity contribution in [3.63, 3.8) is 0 Å². The van der Waals surface area contributed by atoms with Crippen LogP contribution in [-0.2, 0) is 16.0 Å². The standard InChI is InChI=1S/C16H23NO3/c1-16(2,12-13-8-4-3-5-9-13)15(20)17-11-7-6-10-14(18)19/h3-5,8-9H,6-7,10-12H2,1-2H3,(H,17,20)(H,18,19). The second-order valence-corrected chi connectivity index (χ2v) is 5.65. The molecule has 0 radical (unpaired) electrons. The molecule has 0 fully saturated rings. The highest BCUT2D eigenvalue weighted by molar-refractivity contribution is 5.82. The number of nitrogens with one attached hydrogen (secondary N) is 1. The van der Waals surface area contributed by atoms with Crippen molar-refractivity contribution in [2.45, 2.75) is 39.5 Å². The van der Waals surface area contributed by atoms with Gasteiger partial charge in [-0.25, -0.2) is 0 Å². The zero-order valence-electron chi connectivity index (χ0n) is 12.2. The highest BCUT2D eigenvalue weighted by Crippen LogP contribution is 2.21. The van der Waals surface area contributed by atoms with E-state index in [4.69, 9.17) is 5.11 Å². The number of hydrogen-bond donors (Lipinski definition) is 2. The summed E-state index contributed by atoms with van der Waals surface area (Å²) in [6.07, 6.45) is 2.13. The van der Waals surface area contributed by atoms with Crippen LogP contribution in [0.2, 0.25) is 0 Å². The lowest BCUT2D eigenvalue weighted by Crippen LogP contribution is -2.38. The summed E-state index contributed by atoms with van der Waals surface area (Å²) in [5, 5.41) is 11.4. The van der Waals surface area contributed by atoms with E-state index in [1.807, 2.05) is 44.2 Å². The first kappa shape index (κ1) is 16.2. The summed E-state index contributed by atoms with van der Waals surface area (Å²) in [6, 6.07) is 9.92. The van der Waals surface area contributed by atoms with Crippen molar-refractivity contribution in [3.05, 3.63) is 35.9 Å². The molecular formula is C16H23NO3. The number of carboxylic acid groups (broad SMARTS) is 1. The van der Waals surface area contributed by atoms with Gasteiger partial charge in [-0.3, -0.25) is 9.59 Å². The predicted octanol–water partition coefficient (Wildman–Crippen LogP) is 2.63. The van der Waals surface area contributed by atoms with E-state index in [0.717, 1.165) is 5.56 Å². The van der Waals surface area contributed by atoms with E-state index in [9.17, 15) is 9.59 Å². The van der Waals surface area contributed by atoms with E-state index >= 15 is 0 Å². The van der Waals surface area contributed by atoms with Crippen LogP contribution in [0.1, 0.15) is 38.7 Å². The summed E-state index contributed by atoms with van der Waals surface area (Å²) >= 11 is 0. The third-order valence-electron chi connectivity index (χ3n) is 3.21. The highest BCUT2D eigenvalue weighted by Gasteiger charge is 2.27. The van der Waals surface area contributed by atoms with Crippen LogP contribution >= 0.6 is 0 Å². The van der Waals surface area contributed by atoms with E-state index in [2.05, 4.69) is 5.32 Å². The summed E-state index contributed by atoms with van der Waals surface area (Å²) < 4.78 is 0. The van der Waals surface area contributed by atoms with Gasteiger partial charge in [0, 0.05) is 18.4 Å². The molecule has 0 heterocycles. The van der Waals surface area contributed by atoms with E-state index < -0.39 is 11.4 Å². The van der Waals surface area contributed by atoms with Crippen LogP contribution in [0.5, 0.6) is 0 Å². The van der Waals surface area contributed by atoms with Crippen LogP contribution in [0.25, 0.3) is 0 Å². The fourth-order valence-corrected chi connectivity index (χ4v) is 2.03. The molecule has 0 aliphatic rings.